The number of likely N-dealkylation sites (tertiary alicyclic amines) is 2. The lowest BCUT2D eigenvalue weighted by molar-refractivity contribution is -0.145. The number of benzene rings is 1. The van der Waals surface area contributed by atoms with Gasteiger partial charge in [-0.1, -0.05) is 36.4 Å². The van der Waals surface area contributed by atoms with Gasteiger partial charge in [-0.05, 0) is 49.9 Å². The van der Waals surface area contributed by atoms with E-state index in [1.165, 1.54) is 5.56 Å². The number of piperidine rings is 1. The molecule has 1 spiro atoms. The summed E-state index contributed by atoms with van der Waals surface area (Å²) in [6, 6.07) is 16.5. The first-order valence-corrected chi connectivity index (χ1v) is 9.71. The number of pyridine rings is 1. The Labute approximate surface area is 155 Å². The zero-order valence-electron chi connectivity index (χ0n) is 15.3. The average molecular weight is 349 g/mol. The van der Waals surface area contributed by atoms with E-state index in [0.29, 0.717) is 5.91 Å². The number of rotatable bonds is 5. The number of nitrogens with zero attached hydrogens (tertiary/aromatic N) is 3. The molecule has 1 aromatic heterocycles. The summed E-state index contributed by atoms with van der Waals surface area (Å²) in [5, 5.41) is 0. The molecule has 0 aliphatic carbocycles. The average Bonchev–Trinajstić information content (AvgIpc) is 3.08. The minimum atomic E-state index is -0.163. The highest BCUT2D eigenvalue weighted by Gasteiger charge is 2.48. The molecule has 4 rings (SSSR count). The van der Waals surface area contributed by atoms with E-state index in [-0.39, 0.29) is 5.41 Å². The van der Waals surface area contributed by atoms with Crippen molar-refractivity contribution in [3.63, 3.8) is 0 Å². The number of carbonyl (C=O) groups is 1. The van der Waals surface area contributed by atoms with Crippen LogP contribution in [0.5, 0.6) is 0 Å². The molecule has 4 heteroatoms. The van der Waals surface area contributed by atoms with Crippen LogP contribution in [0.3, 0.4) is 0 Å². The molecular weight excluding hydrogens is 322 g/mol. The van der Waals surface area contributed by atoms with E-state index >= 15 is 0 Å². The lowest BCUT2D eigenvalue weighted by Gasteiger charge is -2.39. The van der Waals surface area contributed by atoms with Gasteiger partial charge in [-0.3, -0.25) is 14.7 Å². The van der Waals surface area contributed by atoms with Crippen LogP contribution < -0.4 is 0 Å². The second kappa shape index (κ2) is 7.58. The molecule has 2 fully saturated rings. The second-order valence-corrected chi connectivity index (χ2v) is 7.69. The van der Waals surface area contributed by atoms with E-state index in [9.17, 15) is 4.79 Å². The minimum Gasteiger partial charge on any atom is -0.342 e. The standard InChI is InChI=1S/C22H27N3O/c26-21-22(12-16-24(18-22)17-20-9-4-5-13-23-20)11-6-14-25(21)15-10-19-7-2-1-3-8-19/h1-5,7-9,13H,6,10-12,14-18H2/t22-/m0/s1. The van der Waals surface area contributed by atoms with Crippen molar-refractivity contribution in [2.45, 2.75) is 32.2 Å². The van der Waals surface area contributed by atoms with Crippen LogP contribution in [0.15, 0.2) is 54.7 Å². The van der Waals surface area contributed by atoms with Crippen molar-refractivity contribution >= 4 is 5.91 Å². The lowest BCUT2D eigenvalue weighted by atomic mass is 9.78. The first-order chi connectivity index (χ1) is 12.8. The van der Waals surface area contributed by atoms with Gasteiger partial charge in [0.25, 0.3) is 0 Å². The molecule has 2 aliphatic heterocycles. The fraction of sp³-hybridized carbons (Fsp3) is 0.455. The largest absolute Gasteiger partial charge is 0.342 e. The fourth-order valence-corrected chi connectivity index (χ4v) is 4.47. The van der Waals surface area contributed by atoms with Gasteiger partial charge < -0.3 is 4.90 Å². The van der Waals surface area contributed by atoms with Gasteiger partial charge in [0.15, 0.2) is 0 Å². The molecule has 3 heterocycles. The zero-order valence-corrected chi connectivity index (χ0v) is 15.3. The number of hydrogen-bond acceptors (Lipinski definition) is 3. The van der Waals surface area contributed by atoms with Crippen molar-refractivity contribution in [1.82, 2.24) is 14.8 Å². The SMILES string of the molecule is O=C1N(CCc2ccccc2)CCC[C@@]12CCN(Cc1ccccn1)C2. The summed E-state index contributed by atoms with van der Waals surface area (Å²) in [5.74, 6) is 0.378. The smallest absolute Gasteiger partial charge is 0.230 e. The van der Waals surface area contributed by atoms with Crippen LogP contribution in [0.1, 0.15) is 30.5 Å². The fourth-order valence-electron chi connectivity index (χ4n) is 4.47. The van der Waals surface area contributed by atoms with Gasteiger partial charge in [0.05, 0.1) is 11.1 Å². The number of carbonyl (C=O) groups excluding carboxylic acids is 1. The molecule has 26 heavy (non-hydrogen) atoms. The van der Waals surface area contributed by atoms with Gasteiger partial charge >= 0.3 is 0 Å². The number of hydrogen-bond donors (Lipinski definition) is 0. The van der Waals surface area contributed by atoms with Crippen molar-refractivity contribution in [3.8, 4) is 0 Å². The Morgan fingerprint density at radius 1 is 1.00 bits per heavy atom. The molecule has 1 amide bonds. The van der Waals surface area contributed by atoms with Crippen LogP contribution >= 0.6 is 0 Å². The van der Waals surface area contributed by atoms with E-state index in [1.807, 2.05) is 24.4 Å². The van der Waals surface area contributed by atoms with Crippen molar-refractivity contribution in [3.05, 3.63) is 66.0 Å². The van der Waals surface area contributed by atoms with Crippen LogP contribution in [-0.2, 0) is 17.8 Å². The normalized spacial score (nSPS) is 23.7. The Bertz CT molecular complexity index is 734. The summed E-state index contributed by atoms with van der Waals surface area (Å²) >= 11 is 0. The molecule has 0 radical (unpaired) electrons. The Morgan fingerprint density at radius 3 is 2.65 bits per heavy atom. The molecule has 1 atom stereocenters. The van der Waals surface area contributed by atoms with Gasteiger partial charge in [0.1, 0.15) is 0 Å². The molecular formula is C22H27N3O. The predicted molar refractivity (Wildman–Crippen MR) is 103 cm³/mol. The Morgan fingerprint density at radius 2 is 1.85 bits per heavy atom. The maximum Gasteiger partial charge on any atom is 0.230 e. The summed E-state index contributed by atoms with van der Waals surface area (Å²) < 4.78 is 0. The summed E-state index contributed by atoms with van der Waals surface area (Å²) in [6.07, 6.45) is 5.93. The highest BCUT2D eigenvalue weighted by Crippen LogP contribution is 2.40. The number of amides is 1. The van der Waals surface area contributed by atoms with E-state index in [1.54, 1.807) is 0 Å². The van der Waals surface area contributed by atoms with E-state index in [2.05, 4.69) is 45.1 Å². The van der Waals surface area contributed by atoms with E-state index in [4.69, 9.17) is 0 Å². The zero-order chi connectivity index (χ0) is 17.8. The molecule has 2 saturated heterocycles. The van der Waals surface area contributed by atoms with Crippen LogP contribution in [0.25, 0.3) is 0 Å². The van der Waals surface area contributed by atoms with Crippen LogP contribution in [-0.4, -0.2) is 46.9 Å². The van der Waals surface area contributed by atoms with Gasteiger partial charge in [-0.2, -0.15) is 0 Å². The summed E-state index contributed by atoms with van der Waals surface area (Å²) in [4.78, 5) is 22.2. The van der Waals surface area contributed by atoms with Crippen molar-refractivity contribution < 1.29 is 4.79 Å². The third-order valence-electron chi connectivity index (χ3n) is 5.88. The molecule has 1 aromatic carbocycles. The van der Waals surface area contributed by atoms with Gasteiger partial charge in [0, 0.05) is 32.4 Å². The highest BCUT2D eigenvalue weighted by atomic mass is 16.2. The topological polar surface area (TPSA) is 36.4 Å². The summed E-state index contributed by atoms with van der Waals surface area (Å²) in [6.45, 7) is 4.47. The first-order valence-electron chi connectivity index (χ1n) is 9.71. The Hall–Kier alpha value is -2.20. The van der Waals surface area contributed by atoms with Crippen LogP contribution in [0.2, 0.25) is 0 Å². The van der Waals surface area contributed by atoms with Gasteiger partial charge in [-0.25, -0.2) is 0 Å². The maximum absolute atomic E-state index is 13.3. The van der Waals surface area contributed by atoms with Crippen molar-refractivity contribution in [1.29, 1.82) is 0 Å². The van der Waals surface area contributed by atoms with Crippen LogP contribution in [0, 0.1) is 5.41 Å². The molecule has 0 unspecified atom stereocenters. The third-order valence-corrected chi connectivity index (χ3v) is 5.88. The predicted octanol–water partition coefficient (Wildman–Crippen LogP) is 3.14. The highest BCUT2D eigenvalue weighted by molar-refractivity contribution is 5.84. The van der Waals surface area contributed by atoms with Gasteiger partial charge in [-0.15, -0.1) is 0 Å². The third kappa shape index (κ3) is 3.65. The molecule has 0 N–H and O–H groups in total. The number of aromatic nitrogens is 1. The Kier molecular flexibility index (Phi) is 5.02. The molecule has 0 bridgehead atoms. The molecule has 0 saturated carbocycles. The summed E-state index contributed by atoms with van der Waals surface area (Å²) in [7, 11) is 0. The maximum atomic E-state index is 13.3. The summed E-state index contributed by atoms with van der Waals surface area (Å²) in [5.41, 5.74) is 2.24. The second-order valence-electron chi connectivity index (χ2n) is 7.69. The Balaban J connectivity index is 1.38. The van der Waals surface area contributed by atoms with Crippen molar-refractivity contribution in [2.75, 3.05) is 26.2 Å². The molecule has 136 valence electrons. The van der Waals surface area contributed by atoms with E-state index in [0.717, 1.165) is 64.1 Å². The van der Waals surface area contributed by atoms with Gasteiger partial charge in [0.2, 0.25) is 5.91 Å². The van der Waals surface area contributed by atoms with E-state index < -0.39 is 0 Å². The minimum absolute atomic E-state index is 0.163. The molecule has 4 nitrogen and oxygen atoms in total. The van der Waals surface area contributed by atoms with Crippen molar-refractivity contribution in [2.24, 2.45) is 5.41 Å². The molecule has 2 aromatic rings. The molecule has 2 aliphatic rings. The van der Waals surface area contributed by atoms with Crippen LogP contribution in [0.4, 0.5) is 0 Å². The first kappa shape index (κ1) is 17.2. The lowest BCUT2D eigenvalue weighted by Crippen LogP contribution is -2.50. The quantitative estimate of drug-likeness (QED) is 0.832. The monoisotopic (exact) mass is 349 g/mol.